The first-order chi connectivity index (χ1) is 10.1. The van der Waals surface area contributed by atoms with Crippen LogP contribution in [-0.2, 0) is 16.2 Å². The van der Waals surface area contributed by atoms with Crippen molar-refractivity contribution in [1.82, 2.24) is 9.62 Å². The minimum atomic E-state index is -4.56. The fraction of sp³-hybridized carbons (Fsp3) is 0.571. The zero-order valence-corrected chi connectivity index (χ0v) is 14.5. The fourth-order valence-electron chi connectivity index (χ4n) is 2.58. The molecule has 1 heterocycles. The lowest BCUT2D eigenvalue weighted by atomic mass is 10.1. The molecule has 23 heavy (non-hydrogen) atoms. The van der Waals surface area contributed by atoms with Crippen LogP contribution in [-0.4, -0.2) is 38.9 Å². The highest BCUT2D eigenvalue weighted by atomic mass is 35.5. The van der Waals surface area contributed by atoms with E-state index in [1.54, 1.807) is 0 Å². The summed E-state index contributed by atoms with van der Waals surface area (Å²) in [5.41, 5.74) is -0.635. The summed E-state index contributed by atoms with van der Waals surface area (Å²) in [6, 6.07) is 2.63. The molecule has 132 valence electrons. The molecular formula is C14H20ClF3N2O2S. The molecule has 1 aliphatic heterocycles. The smallest absolute Gasteiger partial charge is 0.317 e. The molecule has 9 heteroatoms. The molecule has 0 aliphatic carbocycles. The van der Waals surface area contributed by atoms with Gasteiger partial charge >= 0.3 is 6.18 Å². The van der Waals surface area contributed by atoms with Crippen LogP contribution in [0.2, 0.25) is 0 Å². The molecule has 1 aromatic rings. The van der Waals surface area contributed by atoms with E-state index in [9.17, 15) is 21.6 Å². The highest BCUT2D eigenvalue weighted by Crippen LogP contribution is 2.33. The minimum Gasteiger partial charge on any atom is -0.317 e. The van der Waals surface area contributed by atoms with Crippen molar-refractivity contribution in [3.8, 4) is 0 Å². The zero-order valence-electron chi connectivity index (χ0n) is 12.9. The van der Waals surface area contributed by atoms with E-state index in [1.807, 2.05) is 0 Å². The van der Waals surface area contributed by atoms with Crippen molar-refractivity contribution in [3.05, 3.63) is 29.3 Å². The van der Waals surface area contributed by atoms with Crippen molar-refractivity contribution in [3.63, 3.8) is 0 Å². The van der Waals surface area contributed by atoms with Crippen LogP contribution in [0.5, 0.6) is 0 Å². The van der Waals surface area contributed by atoms with Gasteiger partial charge in [-0.3, -0.25) is 0 Å². The maximum absolute atomic E-state index is 12.8. The fourth-order valence-corrected chi connectivity index (χ4v) is 4.24. The molecule has 1 aliphatic rings. The summed E-state index contributed by atoms with van der Waals surface area (Å²) >= 11 is 0. The van der Waals surface area contributed by atoms with Crippen LogP contribution in [0.3, 0.4) is 0 Å². The van der Waals surface area contributed by atoms with E-state index in [4.69, 9.17) is 0 Å². The molecule has 0 bridgehead atoms. The molecule has 0 aromatic heterocycles. The number of sulfonamides is 1. The molecule has 4 nitrogen and oxygen atoms in total. The lowest BCUT2D eigenvalue weighted by Crippen LogP contribution is -2.44. The molecule has 0 unspecified atom stereocenters. The Morgan fingerprint density at radius 2 is 1.78 bits per heavy atom. The molecule has 1 fully saturated rings. The topological polar surface area (TPSA) is 49.4 Å². The molecular weight excluding hydrogens is 353 g/mol. The minimum absolute atomic E-state index is 0. The first-order valence-corrected chi connectivity index (χ1v) is 8.44. The molecule has 0 spiro atoms. The van der Waals surface area contributed by atoms with E-state index in [0.717, 1.165) is 12.1 Å². The van der Waals surface area contributed by atoms with Crippen LogP contribution in [0.4, 0.5) is 13.2 Å². The third-order valence-corrected chi connectivity index (χ3v) is 6.05. The summed E-state index contributed by atoms with van der Waals surface area (Å²) in [4.78, 5) is -0.275. The van der Waals surface area contributed by atoms with Crippen LogP contribution >= 0.6 is 12.4 Å². The highest BCUT2D eigenvalue weighted by Gasteiger charge is 2.35. The standard InChI is InChI=1S/C14H19F3N2O2S.ClH/c1-10-3-4-11(14(15,16)17)9-13(10)22(20,21)19(2)12-5-7-18-8-6-12;/h3-4,9,12,18H,5-8H2,1-2H3;1H. The van der Waals surface area contributed by atoms with E-state index >= 15 is 0 Å². The van der Waals surface area contributed by atoms with E-state index in [2.05, 4.69) is 5.32 Å². The Hall–Kier alpha value is -0.830. The third kappa shape index (κ3) is 4.37. The molecule has 1 N–H and O–H groups in total. The molecule has 0 atom stereocenters. The average molecular weight is 373 g/mol. The quantitative estimate of drug-likeness (QED) is 0.887. The number of nitrogens with one attached hydrogen (secondary N) is 1. The summed E-state index contributed by atoms with van der Waals surface area (Å²) < 4.78 is 65.0. The number of nitrogens with zero attached hydrogens (tertiary/aromatic N) is 1. The molecule has 1 saturated heterocycles. The Bertz CT molecular complexity index is 644. The Labute approximate surface area is 140 Å². The number of hydrogen-bond acceptors (Lipinski definition) is 3. The van der Waals surface area contributed by atoms with Gasteiger partial charge in [0.2, 0.25) is 10.0 Å². The van der Waals surface area contributed by atoms with E-state index < -0.39 is 21.8 Å². The van der Waals surface area contributed by atoms with Gasteiger partial charge in [-0.15, -0.1) is 12.4 Å². The molecule has 0 amide bonds. The summed E-state index contributed by atoms with van der Waals surface area (Å²) in [5.74, 6) is 0. The molecule has 1 aromatic carbocycles. The van der Waals surface area contributed by atoms with Gasteiger partial charge in [0.05, 0.1) is 10.5 Å². The van der Waals surface area contributed by atoms with Crippen LogP contribution in [0.15, 0.2) is 23.1 Å². The average Bonchev–Trinajstić information content (AvgIpc) is 2.46. The second-order valence-electron chi connectivity index (χ2n) is 5.48. The Morgan fingerprint density at radius 3 is 2.30 bits per heavy atom. The van der Waals surface area contributed by atoms with Gasteiger partial charge < -0.3 is 5.32 Å². The SMILES string of the molecule is Cc1ccc(C(F)(F)F)cc1S(=O)(=O)N(C)C1CCNCC1.Cl. The molecule has 0 radical (unpaired) electrons. The van der Waals surface area contributed by atoms with Crippen molar-refractivity contribution in [1.29, 1.82) is 0 Å². The monoisotopic (exact) mass is 372 g/mol. The van der Waals surface area contributed by atoms with E-state index in [0.29, 0.717) is 31.5 Å². The van der Waals surface area contributed by atoms with Gasteiger partial charge in [-0.05, 0) is 50.6 Å². The predicted molar refractivity (Wildman–Crippen MR) is 84.3 cm³/mol. The Kier molecular flexibility index (Phi) is 6.48. The van der Waals surface area contributed by atoms with Crippen LogP contribution in [0.1, 0.15) is 24.0 Å². The summed E-state index contributed by atoms with van der Waals surface area (Å²) in [5, 5.41) is 3.13. The third-order valence-electron chi connectivity index (χ3n) is 4.00. The number of benzene rings is 1. The van der Waals surface area contributed by atoms with Gasteiger partial charge in [-0.2, -0.15) is 17.5 Å². The number of hydrogen-bond donors (Lipinski definition) is 1. The van der Waals surface area contributed by atoms with Gasteiger partial charge in [0, 0.05) is 13.1 Å². The number of halogens is 4. The summed E-state index contributed by atoms with van der Waals surface area (Å²) in [6.07, 6.45) is -3.27. The lowest BCUT2D eigenvalue weighted by Gasteiger charge is -2.31. The Balaban J connectivity index is 0.00000264. The van der Waals surface area contributed by atoms with Gasteiger partial charge in [0.15, 0.2) is 0 Å². The van der Waals surface area contributed by atoms with Crippen LogP contribution in [0, 0.1) is 6.92 Å². The zero-order chi connectivity index (χ0) is 16.5. The second kappa shape index (κ2) is 7.38. The predicted octanol–water partition coefficient (Wildman–Crippen LogP) is 2.81. The number of rotatable bonds is 3. The van der Waals surface area contributed by atoms with Crippen molar-refractivity contribution in [2.75, 3.05) is 20.1 Å². The maximum Gasteiger partial charge on any atom is 0.416 e. The van der Waals surface area contributed by atoms with Crippen LogP contribution < -0.4 is 5.32 Å². The van der Waals surface area contributed by atoms with E-state index in [1.165, 1.54) is 24.3 Å². The van der Waals surface area contributed by atoms with Crippen molar-refractivity contribution < 1.29 is 21.6 Å². The Morgan fingerprint density at radius 1 is 1.22 bits per heavy atom. The lowest BCUT2D eigenvalue weighted by molar-refractivity contribution is -0.137. The van der Waals surface area contributed by atoms with Crippen LogP contribution in [0.25, 0.3) is 0 Å². The van der Waals surface area contributed by atoms with Gasteiger partial charge in [0.1, 0.15) is 0 Å². The largest absolute Gasteiger partial charge is 0.416 e. The number of aryl methyl sites for hydroxylation is 1. The molecule has 2 rings (SSSR count). The van der Waals surface area contributed by atoms with E-state index in [-0.39, 0.29) is 23.3 Å². The number of piperidine rings is 1. The van der Waals surface area contributed by atoms with Gasteiger partial charge in [-0.1, -0.05) is 6.07 Å². The normalized spacial score (nSPS) is 17.1. The van der Waals surface area contributed by atoms with Gasteiger partial charge in [0.25, 0.3) is 0 Å². The van der Waals surface area contributed by atoms with Crippen molar-refractivity contribution in [2.24, 2.45) is 0 Å². The number of alkyl halides is 3. The first-order valence-electron chi connectivity index (χ1n) is 7.00. The second-order valence-corrected chi connectivity index (χ2v) is 7.45. The summed E-state index contributed by atoms with van der Waals surface area (Å²) in [7, 11) is -2.51. The van der Waals surface area contributed by atoms with Gasteiger partial charge in [-0.25, -0.2) is 8.42 Å². The van der Waals surface area contributed by atoms with Crippen molar-refractivity contribution >= 4 is 22.4 Å². The summed E-state index contributed by atoms with van der Waals surface area (Å²) in [6.45, 7) is 2.90. The first kappa shape index (κ1) is 20.2. The highest BCUT2D eigenvalue weighted by molar-refractivity contribution is 7.89. The maximum atomic E-state index is 12.8. The molecule has 0 saturated carbocycles. The van der Waals surface area contributed by atoms with Crippen molar-refractivity contribution in [2.45, 2.75) is 36.9 Å².